The van der Waals surface area contributed by atoms with Crippen molar-refractivity contribution in [3.05, 3.63) is 33.7 Å². The Kier molecular flexibility index (Phi) is 10.3. The van der Waals surface area contributed by atoms with Crippen LogP contribution in [-0.4, -0.2) is 65.1 Å². The van der Waals surface area contributed by atoms with E-state index < -0.39 is 41.8 Å². The summed E-state index contributed by atoms with van der Waals surface area (Å²) in [4.78, 5) is 71.2. The molecule has 0 saturated carbocycles. The Morgan fingerprint density at radius 1 is 1.08 bits per heavy atom. The zero-order chi connectivity index (χ0) is 27.5. The lowest BCUT2D eigenvalue weighted by molar-refractivity contribution is -0.146. The monoisotopic (exact) mass is 519 g/mol. The summed E-state index contributed by atoms with van der Waals surface area (Å²) in [6.07, 6.45) is -0.575. The summed E-state index contributed by atoms with van der Waals surface area (Å²) in [7, 11) is 1.27. The van der Waals surface area contributed by atoms with Crippen LogP contribution >= 0.6 is 0 Å². The Bertz CT molecular complexity index is 1210. The molecule has 0 aromatic carbocycles. The number of esters is 2. The third-order valence-electron chi connectivity index (χ3n) is 4.78. The molecule has 1 atom stereocenters. The van der Waals surface area contributed by atoms with Crippen molar-refractivity contribution >= 4 is 41.2 Å². The molecular weight excluding hydrogens is 490 g/mol. The van der Waals surface area contributed by atoms with Crippen molar-refractivity contribution in [1.29, 1.82) is 0 Å². The van der Waals surface area contributed by atoms with Crippen LogP contribution in [0.3, 0.4) is 0 Å². The largest absolute Gasteiger partial charge is 0.479 e. The standard InChI is InChI=1S/C22H29N7O8/c1-4-36-16(31)9-8-14(21(34)37-5-2)26-19(33)12-6-7-13(20(27-12)35-3)25-15(30)10-11-17(23)28-22(24)29-18(11)32/h6-7,14H,4-5,8-10H2,1-3H3,(H,25,30)(H,26,33)(H5,23,24,28,29,32)/t14-/m0/s1. The fraction of sp³-hybridized carbons (Fsp3) is 0.409. The van der Waals surface area contributed by atoms with Gasteiger partial charge in [-0.3, -0.25) is 24.2 Å². The lowest BCUT2D eigenvalue weighted by atomic mass is 10.1. The second kappa shape index (κ2) is 13.4. The van der Waals surface area contributed by atoms with Gasteiger partial charge in [0.25, 0.3) is 11.5 Å². The number of H-pyrrole nitrogens is 1. The molecule has 0 radical (unpaired) electrons. The summed E-state index contributed by atoms with van der Waals surface area (Å²) >= 11 is 0. The number of hydrogen-bond acceptors (Lipinski definition) is 12. The molecule has 0 fully saturated rings. The van der Waals surface area contributed by atoms with Crippen LogP contribution in [0, 0.1) is 0 Å². The van der Waals surface area contributed by atoms with E-state index in [-0.39, 0.29) is 60.6 Å². The minimum Gasteiger partial charge on any atom is -0.479 e. The number of aromatic amines is 1. The van der Waals surface area contributed by atoms with Gasteiger partial charge in [0.1, 0.15) is 23.2 Å². The maximum absolute atomic E-state index is 12.8. The molecule has 37 heavy (non-hydrogen) atoms. The molecule has 15 nitrogen and oxygen atoms in total. The van der Waals surface area contributed by atoms with Gasteiger partial charge in [0.2, 0.25) is 17.7 Å². The van der Waals surface area contributed by atoms with Gasteiger partial charge in [-0.2, -0.15) is 4.98 Å². The summed E-state index contributed by atoms with van der Waals surface area (Å²) in [5, 5.41) is 5.00. The Morgan fingerprint density at radius 2 is 1.78 bits per heavy atom. The number of carbonyl (C=O) groups is 4. The fourth-order valence-corrected chi connectivity index (χ4v) is 3.10. The zero-order valence-corrected chi connectivity index (χ0v) is 20.6. The van der Waals surface area contributed by atoms with E-state index in [1.165, 1.54) is 19.2 Å². The number of pyridine rings is 1. The van der Waals surface area contributed by atoms with Crippen LogP contribution in [-0.2, 0) is 30.3 Å². The molecule has 7 N–H and O–H groups in total. The number of carbonyl (C=O) groups excluding carboxylic acids is 4. The number of ether oxygens (including phenoxy) is 3. The number of methoxy groups -OCH3 is 1. The van der Waals surface area contributed by atoms with E-state index in [0.29, 0.717) is 0 Å². The molecule has 2 aromatic rings. The smallest absolute Gasteiger partial charge is 0.328 e. The van der Waals surface area contributed by atoms with Crippen molar-refractivity contribution in [2.75, 3.05) is 37.1 Å². The van der Waals surface area contributed by atoms with E-state index in [1.54, 1.807) is 13.8 Å². The normalized spacial score (nSPS) is 11.2. The fourth-order valence-electron chi connectivity index (χ4n) is 3.10. The molecule has 0 saturated heterocycles. The van der Waals surface area contributed by atoms with Gasteiger partial charge in [-0.1, -0.05) is 0 Å². The Labute approximate surface area is 211 Å². The van der Waals surface area contributed by atoms with Gasteiger partial charge in [0.15, 0.2) is 0 Å². The van der Waals surface area contributed by atoms with Crippen molar-refractivity contribution in [3.8, 4) is 5.88 Å². The molecule has 0 aliphatic rings. The highest BCUT2D eigenvalue weighted by atomic mass is 16.5. The van der Waals surface area contributed by atoms with E-state index >= 15 is 0 Å². The third-order valence-corrected chi connectivity index (χ3v) is 4.78. The van der Waals surface area contributed by atoms with Gasteiger partial charge < -0.3 is 36.3 Å². The third kappa shape index (κ3) is 8.19. The van der Waals surface area contributed by atoms with Gasteiger partial charge in [-0.15, -0.1) is 0 Å². The van der Waals surface area contributed by atoms with Gasteiger partial charge in [0, 0.05) is 6.42 Å². The second-order valence-electron chi connectivity index (χ2n) is 7.42. The van der Waals surface area contributed by atoms with Gasteiger partial charge in [-0.25, -0.2) is 9.78 Å². The molecule has 2 aromatic heterocycles. The average Bonchev–Trinajstić information content (AvgIpc) is 2.84. The van der Waals surface area contributed by atoms with Crippen molar-refractivity contribution < 1.29 is 33.4 Å². The van der Waals surface area contributed by atoms with E-state index in [9.17, 15) is 24.0 Å². The Morgan fingerprint density at radius 3 is 2.41 bits per heavy atom. The molecule has 2 amide bonds. The first-order valence-corrected chi connectivity index (χ1v) is 11.2. The average molecular weight is 520 g/mol. The molecule has 15 heteroatoms. The summed E-state index contributed by atoms with van der Waals surface area (Å²) < 4.78 is 15.0. The molecular formula is C22H29N7O8. The van der Waals surface area contributed by atoms with Crippen LogP contribution in [0.1, 0.15) is 42.7 Å². The summed E-state index contributed by atoms with van der Waals surface area (Å²) in [5.41, 5.74) is 10.3. The highest BCUT2D eigenvalue weighted by Crippen LogP contribution is 2.22. The second-order valence-corrected chi connectivity index (χ2v) is 7.42. The number of nitrogens with two attached hydrogens (primary N) is 2. The zero-order valence-electron chi connectivity index (χ0n) is 20.6. The topological polar surface area (TPSA) is 231 Å². The molecule has 0 unspecified atom stereocenters. The van der Waals surface area contributed by atoms with Gasteiger partial charge >= 0.3 is 11.9 Å². The van der Waals surface area contributed by atoms with E-state index in [2.05, 4.69) is 25.6 Å². The first kappa shape index (κ1) is 28.5. The Balaban J connectivity index is 2.14. The predicted molar refractivity (Wildman–Crippen MR) is 131 cm³/mol. The summed E-state index contributed by atoms with van der Waals surface area (Å²) in [6, 6.07) is 1.51. The minimum atomic E-state index is -1.12. The highest BCUT2D eigenvalue weighted by Gasteiger charge is 2.25. The van der Waals surface area contributed by atoms with Crippen LogP contribution < -0.4 is 32.4 Å². The van der Waals surface area contributed by atoms with Crippen LogP contribution in [0.5, 0.6) is 5.88 Å². The van der Waals surface area contributed by atoms with Crippen molar-refractivity contribution in [3.63, 3.8) is 0 Å². The lowest BCUT2D eigenvalue weighted by Gasteiger charge is -2.17. The van der Waals surface area contributed by atoms with Crippen LogP contribution in [0.15, 0.2) is 16.9 Å². The van der Waals surface area contributed by atoms with E-state index in [0.717, 1.165) is 0 Å². The molecule has 2 rings (SSSR count). The van der Waals surface area contributed by atoms with Crippen LogP contribution in [0.25, 0.3) is 0 Å². The van der Waals surface area contributed by atoms with Crippen LogP contribution in [0.2, 0.25) is 0 Å². The highest BCUT2D eigenvalue weighted by molar-refractivity contribution is 5.97. The molecule has 0 aliphatic heterocycles. The lowest BCUT2D eigenvalue weighted by Crippen LogP contribution is -2.42. The van der Waals surface area contributed by atoms with Crippen LogP contribution in [0.4, 0.5) is 17.5 Å². The summed E-state index contributed by atoms with van der Waals surface area (Å²) in [5.74, 6) is -3.11. The summed E-state index contributed by atoms with van der Waals surface area (Å²) in [6.45, 7) is 3.52. The van der Waals surface area contributed by atoms with E-state index in [4.69, 9.17) is 25.7 Å². The maximum atomic E-state index is 12.8. The van der Waals surface area contributed by atoms with Gasteiger partial charge in [-0.05, 0) is 32.4 Å². The number of rotatable bonds is 12. The number of nitrogen functional groups attached to an aromatic ring is 2. The quantitative estimate of drug-likeness (QED) is 0.224. The minimum absolute atomic E-state index is 0.0447. The van der Waals surface area contributed by atoms with E-state index in [1.807, 2.05) is 0 Å². The number of hydrogen-bond donors (Lipinski definition) is 5. The Hall–Kier alpha value is -4.69. The molecule has 0 aliphatic carbocycles. The maximum Gasteiger partial charge on any atom is 0.328 e. The first-order chi connectivity index (χ1) is 17.6. The number of aromatic nitrogens is 3. The molecule has 200 valence electrons. The molecule has 0 bridgehead atoms. The molecule has 0 spiro atoms. The number of anilines is 3. The number of nitrogens with one attached hydrogen (secondary N) is 3. The van der Waals surface area contributed by atoms with Gasteiger partial charge in [0.05, 0.1) is 32.3 Å². The van der Waals surface area contributed by atoms with Crippen molar-refractivity contribution in [1.82, 2.24) is 20.3 Å². The number of nitrogens with zero attached hydrogens (tertiary/aromatic N) is 2. The SMILES string of the molecule is CCOC(=O)CC[C@H](NC(=O)c1ccc(NC(=O)Cc2c(N)nc(N)[nH]c2=O)c(OC)n1)C(=O)OCC. The van der Waals surface area contributed by atoms with Crippen molar-refractivity contribution in [2.45, 2.75) is 39.2 Å². The molecule has 2 heterocycles. The number of amides is 2. The van der Waals surface area contributed by atoms with Crippen molar-refractivity contribution in [2.24, 2.45) is 0 Å². The predicted octanol–water partition coefficient (Wildman–Crippen LogP) is -0.476. The first-order valence-electron chi connectivity index (χ1n) is 11.2.